The van der Waals surface area contributed by atoms with Crippen molar-refractivity contribution in [3.05, 3.63) is 0 Å². The Labute approximate surface area is 112 Å². The quantitative estimate of drug-likeness (QED) is 0.723. The van der Waals surface area contributed by atoms with Crippen LogP contribution in [0.25, 0.3) is 0 Å². The molecule has 0 spiro atoms. The topological polar surface area (TPSA) is 43.4 Å². The largest absolute Gasteiger partial charge is 0.462 e. The van der Waals surface area contributed by atoms with Crippen molar-refractivity contribution in [3.63, 3.8) is 0 Å². The second-order valence-corrected chi connectivity index (χ2v) is 6.61. The van der Waals surface area contributed by atoms with Gasteiger partial charge in [0.1, 0.15) is 6.10 Å². The first-order chi connectivity index (χ1) is 9.00. The molecule has 4 heteroatoms. The molecule has 0 aromatic carbocycles. The normalized spacial score (nSPS) is 48.8. The van der Waals surface area contributed by atoms with Crippen LogP contribution in [0.4, 0.5) is 4.39 Å². The molecule has 0 aromatic heterocycles. The van der Waals surface area contributed by atoms with Gasteiger partial charge in [0.15, 0.2) is 12.0 Å². The highest BCUT2D eigenvalue weighted by atomic mass is 19.1. The number of halogens is 1. The summed E-state index contributed by atoms with van der Waals surface area (Å²) < 4.78 is 18.8. The van der Waals surface area contributed by atoms with Crippen molar-refractivity contribution in [1.82, 2.24) is 0 Å². The van der Waals surface area contributed by atoms with Crippen LogP contribution >= 0.6 is 0 Å². The van der Waals surface area contributed by atoms with Gasteiger partial charge in [0, 0.05) is 5.92 Å². The van der Waals surface area contributed by atoms with Crippen LogP contribution in [0.5, 0.6) is 0 Å². The van der Waals surface area contributed by atoms with Crippen molar-refractivity contribution in [2.45, 2.75) is 51.8 Å². The van der Waals surface area contributed by atoms with Crippen LogP contribution in [0.2, 0.25) is 0 Å². The SMILES string of the molecule is CC1CCCC(C)C1OC(=O)[C@H]1[C@@H]2C[C@H](F)C(=O)[C@@H]21. The van der Waals surface area contributed by atoms with E-state index < -0.39 is 6.17 Å². The van der Waals surface area contributed by atoms with Crippen molar-refractivity contribution in [2.24, 2.45) is 29.6 Å². The first kappa shape index (κ1) is 13.1. The van der Waals surface area contributed by atoms with E-state index in [9.17, 15) is 14.0 Å². The average molecular weight is 268 g/mol. The van der Waals surface area contributed by atoms with Crippen LogP contribution in [0.3, 0.4) is 0 Å². The molecule has 0 heterocycles. The standard InChI is InChI=1S/C15H21FO3/c1-7-4-3-5-8(2)14(7)19-15(18)12-9-6-10(16)13(17)11(9)12/h7-12,14H,3-6H2,1-2H3/t7?,8?,9-,10+,11+,12+,14?/m1/s1. The molecule has 3 saturated carbocycles. The molecule has 19 heavy (non-hydrogen) atoms. The molecule has 3 rings (SSSR count). The van der Waals surface area contributed by atoms with E-state index in [0.717, 1.165) is 12.8 Å². The summed E-state index contributed by atoms with van der Waals surface area (Å²) in [5.41, 5.74) is 0. The Balaban J connectivity index is 1.60. The average Bonchev–Trinajstić information content (AvgIpc) is 2.99. The zero-order chi connectivity index (χ0) is 13.7. The molecule has 0 N–H and O–H groups in total. The summed E-state index contributed by atoms with van der Waals surface area (Å²) in [7, 11) is 0. The van der Waals surface area contributed by atoms with Gasteiger partial charge in [-0.25, -0.2) is 4.39 Å². The van der Waals surface area contributed by atoms with Crippen LogP contribution in [0, 0.1) is 29.6 Å². The molecule has 0 saturated heterocycles. The highest BCUT2D eigenvalue weighted by molar-refractivity contribution is 5.97. The number of ketones is 1. The molecule has 3 aliphatic carbocycles. The lowest BCUT2D eigenvalue weighted by atomic mass is 9.80. The van der Waals surface area contributed by atoms with Gasteiger partial charge in [-0.3, -0.25) is 9.59 Å². The highest BCUT2D eigenvalue weighted by Gasteiger charge is 2.66. The molecule has 3 aliphatic rings. The van der Waals surface area contributed by atoms with Crippen molar-refractivity contribution < 1.29 is 18.7 Å². The lowest BCUT2D eigenvalue weighted by Gasteiger charge is -2.34. The van der Waals surface area contributed by atoms with Crippen LogP contribution in [0.1, 0.15) is 39.5 Å². The third-order valence-corrected chi connectivity index (χ3v) is 5.25. The second kappa shape index (κ2) is 4.57. The summed E-state index contributed by atoms with van der Waals surface area (Å²) in [5.74, 6) is -0.675. The molecule has 6 atom stereocenters. The smallest absolute Gasteiger partial charge is 0.310 e. The number of hydrogen-bond acceptors (Lipinski definition) is 3. The van der Waals surface area contributed by atoms with E-state index in [1.807, 2.05) is 0 Å². The van der Waals surface area contributed by atoms with Gasteiger partial charge >= 0.3 is 5.97 Å². The van der Waals surface area contributed by atoms with E-state index in [0.29, 0.717) is 11.8 Å². The lowest BCUT2D eigenvalue weighted by molar-refractivity contribution is -0.160. The first-order valence-corrected chi connectivity index (χ1v) is 7.39. The molecule has 3 nitrogen and oxygen atoms in total. The van der Waals surface area contributed by atoms with Crippen LogP contribution in [-0.2, 0) is 14.3 Å². The van der Waals surface area contributed by atoms with Gasteiger partial charge in [0.05, 0.1) is 5.92 Å². The Kier molecular flexibility index (Phi) is 3.14. The molecule has 0 bridgehead atoms. The van der Waals surface area contributed by atoms with E-state index in [1.165, 1.54) is 6.42 Å². The molecule has 0 amide bonds. The van der Waals surface area contributed by atoms with E-state index in [2.05, 4.69) is 13.8 Å². The lowest BCUT2D eigenvalue weighted by Crippen LogP contribution is -2.36. The minimum Gasteiger partial charge on any atom is -0.462 e. The molecule has 0 aliphatic heterocycles. The summed E-state index contributed by atoms with van der Waals surface area (Å²) in [6.45, 7) is 4.23. The van der Waals surface area contributed by atoms with Crippen LogP contribution < -0.4 is 0 Å². The predicted molar refractivity (Wildman–Crippen MR) is 67.0 cm³/mol. The van der Waals surface area contributed by atoms with Crippen LogP contribution in [-0.4, -0.2) is 24.0 Å². The van der Waals surface area contributed by atoms with Gasteiger partial charge in [-0.2, -0.15) is 0 Å². The van der Waals surface area contributed by atoms with Gasteiger partial charge < -0.3 is 4.74 Å². The fraction of sp³-hybridized carbons (Fsp3) is 0.867. The number of alkyl halides is 1. The Morgan fingerprint density at radius 3 is 2.42 bits per heavy atom. The summed E-state index contributed by atoms with van der Waals surface area (Å²) in [6.07, 6.45) is 2.22. The summed E-state index contributed by atoms with van der Waals surface area (Å²) in [5, 5.41) is 0. The molecular formula is C15H21FO3. The number of carbonyl (C=O) groups is 2. The number of rotatable bonds is 2. The number of Topliss-reactive ketones (excluding diaryl/α,β-unsaturated/α-hetero) is 1. The number of ether oxygens (including phenoxy) is 1. The minimum atomic E-state index is -1.34. The van der Waals surface area contributed by atoms with E-state index in [1.54, 1.807) is 0 Å². The Bertz CT molecular complexity index is 398. The van der Waals surface area contributed by atoms with E-state index in [-0.39, 0.29) is 42.0 Å². The number of esters is 1. The summed E-state index contributed by atoms with van der Waals surface area (Å²) in [6, 6.07) is 0. The van der Waals surface area contributed by atoms with Crippen LogP contribution in [0.15, 0.2) is 0 Å². The fourth-order valence-electron chi connectivity index (χ4n) is 4.04. The molecule has 0 radical (unpaired) electrons. The van der Waals surface area contributed by atoms with E-state index in [4.69, 9.17) is 4.74 Å². The summed E-state index contributed by atoms with van der Waals surface area (Å²) >= 11 is 0. The molecule has 0 aromatic rings. The number of fused-ring (bicyclic) bond motifs is 1. The maximum absolute atomic E-state index is 13.1. The highest BCUT2D eigenvalue weighted by Crippen LogP contribution is 2.57. The van der Waals surface area contributed by atoms with E-state index >= 15 is 0 Å². The maximum Gasteiger partial charge on any atom is 0.310 e. The zero-order valence-corrected chi connectivity index (χ0v) is 11.5. The van der Waals surface area contributed by atoms with Gasteiger partial charge in [0.25, 0.3) is 0 Å². The monoisotopic (exact) mass is 268 g/mol. The molecule has 3 fully saturated rings. The Hall–Kier alpha value is -0.930. The Morgan fingerprint density at radius 2 is 1.89 bits per heavy atom. The van der Waals surface area contributed by atoms with Gasteiger partial charge in [-0.15, -0.1) is 0 Å². The number of carbonyl (C=O) groups excluding carboxylic acids is 2. The van der Waals surface area contributed by atoms with Crippen molar-refractivity contribution >= 4 is 11.8 Å². The third kappa shape index (κ3) is 2.09. The van der Waals surface area contributed by atoms with Crippen molar-refractivity contribution in [1.29, 1.82) is 0 Å². The van der Waals surface area contributed by atoms with Gasteiger partial charge in [0.2, 0.25) is 0 Å². The maximum atomic E-state index is 13.1. The second-order valence-electron chi connectivity index (χ2n) is 6.61. The van der Waals surface area contributed by atoms with Gasteiger partial charge in [-0.1, -0.05) is 20.3 Å². The van der Waals surface area contributed by atoms with Gasteiger partial charge in [-0.05, 0) is 37.0 Å². The zero-order valence-electron chi connectivity index (χ0n) is 11.5. The molecule has 2 unspecified atom stereocenters. The summed E-state index contributed by atoms with van der Waals surface area (Å²) in [4.78, 5) is 23.6. The molecular weight excluding hydrogens is 247 g/mol. The Morgan fingerprint density at radius 1 is 1.26 bits per heavy atom. The predicted octanol–water partition coefficient (Wildman–Crippen LogP) is 2.53. The first-order valence-electron chi connectivity index (χ1n) is 7.39. The fourth-order valence-corrected chi connectivity index (χ4v) is 4.04. The molecule has 106 valence electrons. The third-order valence-electron chi connectivity index (χ3n) is 5.25. The minimum absolute atomic E-state index is 0.0288. The van der Waals surface area contributed by atoms with Crippen molar-refractivity contribution in [3.8, 4) is 0 Å². The van der Waals surface area contributed by atoms with Crippen molar-refractivity contribution in [2.75, 3.05) is 0 Å². The number of hydrogen-bond donors (Lipinski definition) is 0.